The van der Waals surface area contributed by atoms with Crippen LogP contribution in [0, 0.1) is 5.92 Å². The Balaban J connectivity index is 2.60. The largest absolute Gasteiger partial charge is 0.480 e. The molecule has 0 saturated heterocycles. The highest BCUT2D eigenvalue weighted by Gasteiger charge is 2.23. The first kappa shape index (κ1) is 14.4. The summed E-state index contributed by atoms with van der Waals surface area (Å²) < 4.78 is 0. The van der Waals surface area contributed by atoms with Gasteiger partial charge in [-0.2, -0.15) is 0 Å². The number of para-hydroxylation sites is 1. The van der Waals surface area contributed by atoms with Gasteiger partial charge in [-0.05, 0) is 30.3 Å². The zero-order valence-electron chi connectivity index (χ0n) is 10.5. The predicted molar refractivity (Wildman–Crippen MR) is 76.7 cm³/mol. The van der Waals surface area contributed by atoms with Gasteiger partial charge in [0, 0.05) is 5.69 Å². The monoisotopic (exact) mass is 266 g/mol. The van der Waals surface area contributed by atoms with Gasteiger partial charge in [0.25, 0.3) is 0 Å². The van der Waals surface area contributed by atoms with Crippen LogP contribution in [0.15, 0.2) is 30.3 Å². The van der Waals surface area contributed by atoms with Gasteiger partial charge in [-0.15, -0.1) is 0 Å². The molecule has 0 aromatic heterocycles. The lowest BCUT2D eigenvalue weighted by atomic mass is 10.00. The molecule has 1 rings (SSSR count). The molecule has 2 atom stereocenters. The smallest absolute Gasteiger partial charge is 0.326 e. The number of hydrogen-bond donors (Lipinski definition) is 3. The topological polar surface area (TPSA) is 61.4 Å². The first-order chi connectivity index (χ1) is 8.54. The highest BCUT2D eigenvalue weighted by atomic mass is 32.1. The number of hydrogen-bond acceptors (Lipinski definition) is 2. The van der Waals surface area contributed by atoms with E-state index in [1.54, 1.807) is 0 Å². The molecule has 0 radical (unpaired) electrons. The minimum absolute atomic E-state index is 0.0121. The molecule has 0 aliphatic heterocycles. The molecule has 0 spiro atoms. The lowest BCUT2D eigenvalue weighted by molar-refractivity contribution is -0.140. The van der Waals surface area contributed by atoms with Crippen molar-refractivity contribution in [3.05, 3.63) is 30.3 Å². The van der Waals surface area contributed by atoms with E-state index < -0.39 is 12.0 Å². The highest BCUT2D eigenvalue weighted by molar-refractivity contribution is 7.80. The molecule has 5 heteroatoms. The third kappa shape index (κ3) is 4.33. The zero-order chi connectivity index (χ0) is 13.5. The fourth-order valence-corrected chi connectivity index (χ4v) is 1.76. The Labute approximate surface area is 112 Å². The van der Waals surface area contributed by atoms with Gasteiger partial charge < -0.3 is 15.7 Å². The molecule has 4 nitrogen and oxygen atoms in total. The fraction of sp³-hybridized carbons (Fsp3) is 0.385. The SMILES string of the molecule is CC[C@H](C)[C@@H](NC(=S)Nc1ccccc1)C(=O)O. The second kappa shape index (κ2) is 6.96. The molecule has 3 N–H and O–H groups in total. The maximum atomic E-state index is 11.1. The second-order valence-electron chi connectivity index (χ2n) is 4.17. The Morgan fingerprint density at radius 1 is 1.39 bits per heavy atom. The molecule has 0 aliphatic carbocycles. The van der Waals surface area contributed by atoms with E-state index in [9.17, 15) is 4.79 Å². The second-order valence-corrected chi connectivity index (χ2v) is 4.57. The molecule has 98 valence electrons. The van der Waals surface area contributed by atoms with Gasteiger partial charge in [0.05, 0.1) is 0 Å². The van der Waals surface area contributed by atoms with E-state index in [0.29, 0.717) is 5.11 Å². The molecule has 0 fully saturated rings. The Kier molecular flexibility index (Phi) is 5.58. The molecule has 1 aromatic rings. The summed E-state index contributed by atoms with van der Waals surface area (Å²) in [5, 5.41) is 15.3. The average Bonchev–Trinajstić information content (AvgIpc) is 2.36. The minimum Gasteiger partial charge on any atom is -0.480 e. The summed E-state index contributed by atoms with van der Waals surface area (Å²) in [6.07, 6.45) is 0.776. The van der Waals surface area contributed by atoms with Gasteiger partial charge >= 0.3 is 5.97 Å². The van der Waals surface area contributed by atoms with Crippen molar-refractivity contribution in [1.29, 1.82) is 0 Å². The van der Waals surface area contributed by atoms with Crippen LogP contribution >= 0.6 is 12.2 Å². The third-order valence-electron chi connectivity index (χ3n) is 2.80. The number of carboxylic acids is 1. The van der Waals surface area contributed by atoms with E-state index in [2.05, 4.69) is 10.6 Å². The summed E-state index contributed by atoms with van der Waals surface area (Å²) in [4.78, 5) is 11.1. The summed E-state index contributed by atoms with van der Waals surface area (Å²) in [6.45, 7) is 3.84. The molecule has 0 heterocycles. The molecule has 0 amide bonds. The van der Waals surface area contributed by atoms with Crippen molar-refractivity contribution < 1.29 is 9.90 Å². The number of carboxylic acid groups (broad SMARTS) is 1. The normalized spacial score (nSPS) is 13.4. The predicted octanol–water partition coefficient (Wildman–Crippen LogP) is 2.47. The number of thiocarbonyl (C=S) groups is 1. The van der Waals surface area contributed by atoms with Crippen LogP contribution in [0.3, 0.4) is 0 Å². The Morgan fingerprint density at radius 2 is 2.00 bits per heavy atom. The van der Waals surface area contributed by atoms with E-state index in [1.165, 1.54) is 0 Å². The lowest BCUT2D eigenvalue weighted by Gasteiger charge is -2.22. The maximum absolute atomic E-state index is 11.1. The van der Waals surface area contributed by atoms with Crippen LogP contribution in [0.1, 0.15) is 20.3 Å². The number of benzene rings is 1. The molecule has 0 aliphatic rings. The molecular weight excluding hydrogens is 248 g/mol. The van der Waals surface area contributed by atoms with Crippen LogP contribution < -0.4 is 10.6 Å². The quantitative estimate of drug-likeness (QED) is 0.715. The lowest BCUT2D eigenvalue weighted by Crippen LogP contribution is -2.46. The van der Waals surface area contributed by atoms with Gasteiger partial charge in [-0.1, -0.05) is 38.5 Å². The maximum Gasteiger partial charge on any atom is 0.326 e. The number of nitrogens with one attached hydrogen (secondary N) is 2. The van der Waals surface area contributed by atoms with Gasteiger partial charge in [0.15, 0.2) is 5.11 Å². The fourth-order valence-electron chi connectivity index (χ4n) is 1.51. The first-order valence-electron chi connectivity index (χ1n) is 5.90. The van der Waals surface area contributed by atoms with Crippen molar-refractivity contribution in [2.24, 2.45) is 5.92 Å². The molecular formula is C13H18N2O2S. The third-order valence-corrected chi connectivity index (χ3v) is 3.02. The van der Waals surface area contributed by atoms with E-state index in [0.717, 1.165) is 12.1 Å². The number of anilines is 1. The van der Waals surface area contributed by atoms with Crippen LogP contribution in [0.4, 0.5) is 5.69 Å². The Morgan fingerprint density at radius 3 is 2.50 bits per heavy atom. The first-order valence-corrected chi connectivity index (χ1v) is 6.30. The molecule has 0 unspecified atom stereocenters. The molecule has 0 bridgehead atoms. The van der Waals surface area contributed by atoms with Crippen LogP contribution in [-0.2, 0) is 4.79 Å². The van der Waals surface area contributed by atoms with E-state index in [-0.39, 0.29) is 5.92 Å². The van der Waals surface area contributed by atoms with E-state index in [4.69, 9.17) is 17.3 Å². The number of aliphatic carboxylic acids is 1. The summed E-state index contributed by atoms with van der Waals surface area (Å²) in [5.74, 6) is -0.875. The number of rotatable bonds is 5. The number of carbonyl (C=O) groups is 1. The van der Waals surface area contributed by atoms with Gasteiger partial charge in [-0.25, -0.2) is 4.79 Å². The van der Waals surface area contributed by atoms with Crippen LogP contribution in [0.25, 0.3) is 0 Å². The van der Waals surface area contributed by atoms with Gasteiger partial charge in [0.1, 0.15) is 6.04 Å². The minimum atomic E-state index is -0.887. The summed E-state index contributed by atoms with van der Waals surface area (Å²) >= 11 is 5.11. The Hall–Kier alpha value is -1.62. The Bertz CT molecular complexity index is 409. The van der Waals surface area contributed by atoms with Crippen molar-refractivity contribution in [3.63, 3.8) is 0 Å². The van der Waals surface area contributed by atoms with Gasteiger partial charge in [-0.3, -0.25) is 0 Å². The molecule has 1 aromatic carbocycles. The summed E-state index contributed by atoms with van der Waals surface area (Å²) in [6, 6.07) is 8.74. The van der Waals surface area contributed by atoms with E-state index >= 15 is 0 Å². The molecule has 18 heavy (non-hydrogen) atoms. The van der Waals surface area contributed by atoms with Crippen molar-refractivity contribution >= 4 is 29.0 Å². The molecule has 0 saturated carbocycles. The van der Waals surface area contributed by atoms with Crippen molar-refractivity contribution in [1.82, 2.24) is 5.32 Å². The standard InChI is InChI=1S/C13H18N2O2S/c1-3-9(2)11(12(16)17)15-13(18)14-10-7-5-4-6-8-10/h4-9,11H,3H2,1-2H3,(H,16,17)(H2,14,15,18)/t9-,11+/m0/s1. The van der Waals surface area contributed by atoms with Crippen molar-refractivity contribution in [2.75, 3.05) is 5.32 Å². The summed E-state index contributed by atoms with van der Waals surface area (Å²) in [5.41, 5.74) is 0.836. The highest BCUT2D eigenvalue weighted by Crippen LogP contribution is 2.09. The summed E-state index contributed by atoms with van der Waals surface area (Å²) in [7, 11) is 0. The van der Waals surface area contributed by atoms with Crippen LogP contribution in [0.2, 0.25) is 0 Å². The van der Waals surface area contributed by atoms with Crippen molar-refractivity contribution in [2.45, 2.75) is 26.3 Å². The van der Waals surface area contributed by atoms with E-state index in [1.807, 2.05) is 44.2 Å². The average molecular weight is 266 g/mol. The van der Waals surface area contributed by atoms with Gasteiger partial charge in [0.2, 0.25) is 0 Å². The zero-order valence-corrected chi connectivity index (χ0v) is 11.3. The van der Waals surface area contributed by atoms with Crippen LogP contribution in [0.5, 0.6) is 0 Å². The van der Waals surface area contributed by atoms with Crippen LogP contribution in [-0.4, -0.2) is 22.2 Å². The van der Waals surface area contributed by atoms with Crippen molar-refractivity contribution in [3.8, 4) is 0 Å².